The molecule has 0 spiro atoms. The van der Waals surface area contributed by atoms with Crippen LogP contribution >= 0.6 is 0 Å². The Balaban J connectivity index is 1.28. The second kappa shape index (κ2) is 10.8. The molecule has 214 valence electrons. The van der Waals surface area contributed by atoms with E-state index in [2.05, 4.69) is 104 Å². The van der Waals surface area contributed by atoms with Crippen LogP contribution in [0.3, 0.4) is 0 Å². The van der Waals surface area contributed by atoms with E-state index in [0.717, 1.165) is 50.2 Å². The summed E-state index contributed by atoms with van der Waals surface area (Å²) in [6, 6.07) is 10.9. The number of nitrogens with zero attached hydrogens (tertiary/aromatic N) is 5. The third-order valence-corrected chi connectivity index (χ3v) is 8.92. The monoisotopic (exact) mass is 549 g/mol. The van der Waals surface area contributed by atoms with Crippen molar-refractivity contribution in [3.05, 3.63) is 89.0 Å². The minimum absolute atomic E-state index is 0.266. The van der Waals surface area contributed by atoms with Crippen molar-refractivity contribution in [1.82, 2.24) is 24.9 Å². The predicted octanol–water partition coefficient (Wildman–Crippen LogP) is 6.25. The Morgan fingerprint density at radius 2 is 2.07 bits per heavy atom. The molecule has 2 aromatic heterocycles. The fraction of sp³-hybridized carbons (Fsp3) is 0.441. The summed E-state index contributed by atoms with van der Waals surface area (Å²) < 4.78 is 4.08. The van der Waals surface area contributed by atoms with Crippen molar-refractivity contribution in [1.29, 1.82) is 0 Å². The maximum absolute atomic E-state index is 5.17. The molecule has 0 bridgehead atoms. The molecule has 0 radical (unpaired) electrons. The minimum Gasteiger partial charge on any atom is -0.390 e. The largest absolute Gasteiger partial charge is 0.390 e. The summed E-state index contributed by atoms with van der Waals surface area (Å²) >= 11 is 0. The van der Waals surface area contributed by atoms with Crippen molar-refractivity contribution in [3.8, 4) is 0 Å². The van der Waals surface area contributed by atoms with Gasteiger partial charge in [-0.05, 0) is 65.9 Å². The molecule has 2 N–H and O–H groups in total. The number of hydrogen-bond acceptors (Lipinski definition) is 5. The van der Waals surface area contributed by atoms with E-state index < -0.39 is 0 Å². The average Bonchev–Trinajstić information content (AvgIpc) is 3.36. The lowest BCUT2D eigenvalue weighted by Gasteiger charge is -2.24. The summed E-state index contributed by atoms with van der Waals surface area (Å²) in [7, 11) is 2.10. The van der Waals surface area contributed by atoms with Crippen molar-refractivity contribution >= 4 is 23.2 Å². The highest BCUT2D eigenvalue weighted by molar-refractivity contribution is 5.95. The highest BCUT2D eigenvalue weighted by Crippen LogP contribution is 2.57. The molecule has 0 saturated heterocycles. The molecule has 41 heavy (non-hydrogen) atoms. The van der Waals surface area contributed by atoms with Crippen LogP contribution in [-0.2, 0) is 26.4 Å². The van der Waals surface area contributed by atoms with E-state index in [1.54, 1.807) is 0 Å². The van der Waals surface area contributed by atoms with Gasteiger partial charge in [0.15, 0.2) is 0 Å². The zero-order valence-electron chi connectivity index (χ0n) is 25.1. The molecular formula is C34H43N7. The fourth-order valence-electron chi connectivity index (χ4n) is 6.64. The van der Waals surface area contributed by atoms with E-state index in [1.165, 1.54) is 39.2 Å². The maximum Gasteiger partial charge on any atom is 0.149 e. The Morgan fingerprint density at radius 1 is 1.22 bits per heavy atom. The van der Waals surface area contributed by atoms with Crippen LogP contribution < -0.4 is 10.6 Å². The highest BCUT2D eigenvalue weighted by atomic mass is 15.3. The minimum atomic E-state index is -0.266. The summed E-state index contributed by atoms with van der Waals surface area (Å²) in [5.41, 5.74) is 9.99. The first kappa shape index (κ1) is 27.3. The summed E-state index contributed by atoms with van der Waals surface area (Å²) in [5, 5.41) is 16.9. The van der Waals surface area contributed by atoms with Crippen LogP contribution in [0.15, 0.2) is 65.9 Å². The van der Waals surface area contributed by atoms with Crippen LogP contribution in [0.25, 0.3) is 11.1 Å². The number of fused-ring (bicyclic) bond motifs is 3. The number of aromatic nitrogens is 4. The van der Waals surface area contributed by atoms with E-state index in [1.807, 2.05) is 17.0 Å². The van der Waals surface area contributed by atoms with Crippen LogP contribution in [0.4, 0.5) is 5.82 Å². The molecule has 0 amide bonds. The summed E-state index contributed by atoms with van der Waals surface area (Å²) in [6.07, 6.45) is 12.0. The zero-order valence-corrected chi connectivity index (χ0v) is 25.1. The first-order valence-electron chi connectivity index (χ1n) is 15.1. The van der Waals surface area contributed by atoms with Gasteiger partial charge in [-0.15, -0.1) is 0 Å². The normalized spacial score (nSPS) is 23.1. The Hall–Kier alpha value is -3.87. The van der Waals surface area contributed by atoms with Gasteiger partial charge in [0.05, 0.1) is 11.4 Å². The molecule has 6 rings (SSSR count). The number of nitrogens with one attached hydrogen (secondary N) is 2. The Labute approximate surface area is 244 Å². The van der Waals surface area contributed by atoms with Crippen molar-refractivity contribution in [3.63, 3.8) is 0 Å². The first-order valence-corrected chi connectivity index (χ1v) is 15.1. The molecule has 3 unspecified atom stereocenters. The topological polar surface area (TPSA) is 72.1 Å². The van der Waals surface area contributed by atoms with Gasteiger partial charge >= 0.3 is 0 Å². The summed E-state index contributed by atoms with van der Waals surface area (Å²) in [4.78, 5) is 5.17. The molecule has 7 nitrogen and oxygen atoms in total. The van der Waals surface area contributed by atoms with Gasteiger partial charge in [0.1, 0.15) is 11.5 Å². The second-order valence-electron chi connectivity index (χ2n) is 12.3. The van der Waals surface area contributed by atoms with Gasteiger partial charge in [0.25, 0.3) is 0 Å². The van der Waals surface area contributed by atoms with E-state index >= 15 is 0 Å². The third-order valence-electron chi connectivity index (χ3n) is 8.92. The highest BCUT2D eigenvalue weighted by Gasteiger charge is 2.59. The SMILES string of the molecule is C=C/C(=C\NCC(C)C)c1cccc(Cc2c3c(nn2C)CCC2=C3C(C)C3CC3(Nc3ccn(CC)n3)N=C2)c1. The number of aliphatic imine (C=N–C) groups is 1. The molecule has 1 saturated carbocycles. The fourth-order valence-corrected chi connectivity index (χ4v) is 6.64. The molecular weight excluding hydrogens is 506 g/mol. The molecule has 3 heterocycles. The van der Waals surface area contributed by atoms with E-state index in [-0.39, 0.29) is 5.66 Å². The molecule has 3 aromatic rings. The first-order chi connectivity index (χ1) is 19.8. The molecule has 3 aliphatic rings. The molecule has 2 aliphatic carbocycles. The van der Waals surface area contributed by atoms with Gasteiger partial charge < -0.3 is 10.6 Å². The Bertz CT molecular complexity index is 1550. The van der Waals surface area contributed by atoms with E-state index in [4.69, 9.17) is 10.1 Å². The lowest BCUT2D eigenvalue weighted by Crippen LogP contribution is -2.24. The van der Waals surface area contributed by atoms with Crippen LogP contribution in [0.1, 0.15) is 68.6 Å². The van der Waals surface area contributed by atoms with Crippen molar-refractivity contribution < 1.29 is 0 Å². The number of allylic oxidation sites excluding steroid dienone is 4. The van der Waals surface area contributed by atoms with Crippen molar-refractivity contribution in [2.45, 2.75) is 65.6 Å². The number of anilines is 1. The number of aryl methyl sites for hydroxylation is 3. The standard InChI is InChI=1S/C34H43N7/c1-7-25(20-35-19-22(3)4)26-11-9-10-24(16-26)17-30-33-29(38-40(30)6)13-12-27-21-36-34(18-28(34)23(5)32(27)33)37-31-14-15-41(8-2)39-31/h7,9-11,14-16,20-23,28,35H,1,8,12-13,17-19H2,2-6H3,(H,37,39)/b25-20+. The average molecular weight is 550 g/mol. The molecule has 7 heteroatoms. The van der Waals surface area contributed by atoms with Gasteiger partial charge in [0.2, 0.25) is 0 Å². The number of hydrogen-bond donors (Lipinski definition) is 2. The van der Waals surface area contributed by atoms with Gasteiger partial charge in [-0.3, -0.25) is 14.4 Å². The molecule has 1 fully saturated rings. The van der Waals surface area contributed by atoms with Gasteiger partial charge in [0, 0.05) is 62.7 Å². The van der Waals surface area contributed by atoms with Crippen LogP contribution in [0.2, 0.25) is 0 Å². The lowest BCUT2D eigenvalue weighted by molar-refractivity contribution is 0.562. The Morgan fingerprint density at radius 3 is 2.83 bits per heavy atom. The summed E-state index contributed by atoms with van der Waals surface area (Å²) in [6.45, 7) is 14.8. The van der Waals surface area contributed by atoms with Crippen molar-refractivity contribution in [2.24, 2.45) is 29.8 Å². The quantitative estimate of drug-likeness (QED) is 0.293. The number of benzene rings is 1. The van der Waals surface area contributed by atoms with Gasteiger partial charge in [-0.2, -0.15) is 10.2 Å². The number of rotatable bonds is 10. The predicted molar refractivity (Wildman–Crippen MR) is 169 cm³/mol. The van der Waals surface area contributed by atoms with Crippen LogP contribution in [0.5, 0.6) is 0 Å². The smallest absolute Gasteiger partial charge is 0.149 e. The van der Waals surface area contributed by atoms with Gasteiger partial charge in [-0.1, -0.05) is 57.7 Å². The second-order valence-corrected chi connectivity index (χ2v) is 12.3. The van der Waals surface area contributed by atoms with Gasteiger partial charge in [-0.25, -0.2) is 0 Å². The molecule has 3 atom stereocenters. The Kier molecular flexibility index (Phi) is 7.22. The van der Waals surface area contributed by atoms with E-state index in [0.29, 0.717) is 17.8 Å². The molecule has 1 aromatic carbocycles. The third kappa shape index (κ3) is 5.18. The van der Waals surface area contributed by atoms with Crippen molar-refractivity contribution in [2.75, 3.05) is 11.9 Å². The van der Waals surface area contributed by atoms with Crippen LogP contribution in [-0.4, -0.2) is 38.0 Å². The maximum atomic E-state index is 5.17. The van der Waals surface area contributed by atoms with E-state index in [9.17, 15) is 0 Å². The molecule has 1 aliphatic heterocycles. The zero-order chi connectivity index (χ0) is 28.7. The summed E-state index contributed by atoms with van der Waals surface area (Å²) in [5.74, 6) is 2.31. The van der Waals surface area contributed by atoms with Crippen LogP contribution in [0, 0.1) is 17.8 Å². The lowest BCUT2D eigenvalue weighted by atomic mass is 9.79.